The number of nitrogens with one attached hydrogen (secondary N) is 5. The molecule has 1 rings (SSSR count). The smallest absolute Gasteiger partial charge is 0.195 e. The molecule has 5 N–H and O–H groups in total. The van der Waals surface area contributed by atoms with Gasteiger partial charge in [0.05, 0.1) is 10.0 Å². The molecule has 0 aliphatic rings. The molecule has 28 heavy (non-hydrogen) atoms. The first-order chi connectivity index (χ1) is 13.5. The van der Waals surface area contributed by atoms with Crippen LogP contribution in [0.3, 0.4) is 0 Å². The highest BCUT2D eigenvalue weighted by Gasteiger charge is 2.06. The van der Waals surface area contributed by atoms with Crippen molar-refractivity contribution in [2.45, 2.75) is 52.5 Å². The van der Waals surface area contributed by atoms with Crippen LogP contribution in [-0.2, 0) is 11.3 Å². The molecular formula is C20H33Cl2N5O. The third-order valence-electron chi connectivity index (χ3n) is 4.37. The Morgan fingerprint density at radius 3 is 2.50 bits per heavy atom. The minimum Gasteiger partial charge on any atom is -0.381 e. The van der Waals surface area contributed by atoms with E-state index in [4.69, 9.17) is 38.8 Å². The number of benzene rings is 1. The van der Waals surface area contributed by atoms with Gasteiger partial charge in [0.15, 0.2) is 11.9 Å². The molecule has 0 bridgehead atoms. The topological polar surface area (TPSA) is 93.0 Å². The van der Waals surface area contributed by atoms with E-state index in [1.807, 2.05) is 6.07 Å². The summed E-state index contributed by atoms with van der Waals surface area (Å²) < 4.78 is 5.75. The van der Waals surface area contributed by atoms with Crippen LogP contribution in [0.1, 0.15) is 51.5 Å². The number of rotatable bonds is 12. The molecule has 0 spiro atoms. The lowest BCUT2D eigenvalue weighted by atomic mass is 10.0. The van der Waals surface area contributed by atoms with E-state index in [-0.39, 0.29) is 11.9 Å². The first-order valence-electron chi connectivity index (χ1n) is 9.89. The van der Waals surface area contributed by atoms with Gasteiger partial charge in [0, 0.05) is 26.3 Å². The van der Waals surface area contributed by atoms with Crippen molar-refractivity contribution in [3.63, 3.8) is 0 Å². The highest BCUT2D eigenvalue weighted by Crippen LogP contribution is 2.22. The van der Waals surface area contributed by atoms with E-state index >= 15 is 0 Å². The Morgan fingerprint density at radius 1 is 1.07 bits per heavy atom. The van der Waals surface area contributed by atoms with E-state index in [2.05, 4.69) is 29.8 Å². The molecule has 0 aliphatic heterocycles. The van der Waals surface area contributed by atoms with Crippen molar-refractivity contribution in [1.82, 2.24) is 16.0 Å². The van der Waals surface area contributed by atoms with Crippen LogP contribution in [0.25, 0.3) is 0 Å². The summed E-state index contributed by atoms with van der Waals surface area (Å²) in [6, 6.07) is 5.30. The van der Waals surface area contributed by atoms with E-state index in [0.717, 1.165) is 25.0 Å². The zero-order valence-electron chi connectivity index (χ0n) is 16.8. The number of hydrogen-bond acceptors (Lipinski definition) is 3. The minimum atomic E-state index is 0.0431. The van der Waals surface area contributed by atoms with Crippen LogP contribution in [0.15, 0.2) is 18.2 Å². The van der Waals surface area contributed by atoms with E-state index in [1.165, 1.54) is 19.3 Å². The number of hydrogen-bond donors (Lipinski definition) is 5. The molecule has 0 amide bonds. The van der Waals surface area contributed by atoms with Crippen LogP contribution in [0.5, 0.6) is 0 Å². The second kappa shape index (κ2) is 14.5. The van der Waals surface area contributed by atoms with Crippen molar-refractivity contribution in [3.8, 4) is 0 Å². The van der Waals surface area contributed by atoms with Gasteiger partial charge < -0.3 is 15.4 Å². The van der Waals surface area contributed by atoms with E-state index in [0.29, 0.717) is 35.7 Å². The molecule has 0 aromatic heterocycles. The lowest BCUT2D eigenvalue weighted by molar-refractivity contribution is 0.0927. The first kappa shape index (κ1) is 24.5. The molecule has 0 fully saturated rings. The molecule has 6 nitrogen and oxygen atoms in total. The van der Waals surface area contributed by atoms with E-state index in [1.54, 1.807) is 12.1 Å². The lowest BCUT2D eigenvalue weighted by Crippen LogP contribution is -2.45. The van der Waals surface area contributed by atoms with Gasteiger partial charge in [-0.05, 0) is 36.5 Å². The molecule has 1 aromatic carbocycles. The zero-order chi connectivity index (χ0) is 20.8. The Hall–Kier alpha value is -1.50. The average molecular weight is 430 g/mol. The molecular weight excluding hydrogens is 397 g/mol. The van der Waals surface area contributed by atoms with Crippen LogP contribution in [0, 0.1) is 16.7 Å². The Bertz CT molecular complexity index is 612. The Morgan fingerprint density at radius 2 is 1.82 bits per heavy atom. The molecule has 1 aromatic rings. The highest BCUT2D eigenvalue weighted by molar-refractivity contribution is 6.42. The predicted octanol–water partition coefficient (Wildman–Crippen LogP) is 4.75. The van der Waals surface area contributed by atoms with Gasteiger partial charge in [-0.15, -0.1) is 0 Å². The van der Waals surface area contributed by atoms with Gasteiger partial charge in [-0.2, -0.15) is 0 Å². The van der Waals surface area contributed by atoms with Gasteiger partial charge in [0.1, 0.15) is 0 Å². The lowest BCUT2D eigenvalue weighted by Gasteiger charge is -2.15. The SMILES string of the molecule is CCCCC(CC)COCCCNC(=N)NC(=N)NCc1ccc(Cl)c(Cl)c1. The van der Waals surface area contributed by atoms with Gasteiger partial charge in [0.2, 0.25) is 0 Å². The molecule has 0 heterocycles. The van der Waals surface area contributed by atoms with Gasteiger partial charge >= 0.3 is 0 Å². The van der Waals surface area contributed by atoms with Crippen molar-refractivity contribution in [2.24, 2.45) is 5.92 Å². The van der Waals surface area contributed by atoms with Crippen molar-refractivity contribution in [1.29, 1.82) is 10.8 Å². The van der Waals surface area contributed by atoms with E-state index in [9.17, 15) is 0 Å². The summed E-state index contributed by atoms with van der Waals surface area (Å²) in [6.45, 7) is 6.96. The van der Waals surface area contributed by atoms with Gasteiger partial charge in [0.25, 0.3) is 0 Å². The average Bonchev–Trinajstić information content (AvgIpc) is 2.67. The van der Waals surface area contributed by atoms with Crippen LogP contribution in [-0.4, -0.2) is 31.7 Å². The first-order valence-corrected chi connectivity index (χ1v) is 10.6. The largest absolute Gasteiger partial charge is 0.381 e. The monoisotopic (exact) mass is 429 g/mol. The summed E-state index contributed by atoms with van der Waals surface area (Å²) in [5, 5.41) is 25.2. The summed E-state index contributed by atoms with van der Waals surface area (Å²) in [4.78, 5) is 0. The van der Waals surface area contributed by atoms with Crippen molar-refractivity contribution in [3.05, 3.63) is 33.8 Å². The minimum absolute atomic E-state index is 0.0431. The third kappa shape index (κ3) is 10.7. The fourth-order valence-corrected chi connectivity index (χ4v) is 2.91. The second-order valence-corrected chi connectivity index (χ2v) is 7.56. The van der Waals surface area contributed by atoms with Gasteiger partial charge in [-0.25, -0.2) is 0 Å². The zero-order valence-corrected chi connectivity index (χ0v) is 18.3. The van der Waals surface area contributed by atoms with Gasteiger partial charge in [-0.3, -0.25) is 16.1 Å². The van der Waals surface area contributed by atoms with Crippen molar-refractivity contribution in [2.75, 3.05) is 19.8 Å². The maximum Gasteiger partial charge on any atom is 0.195 e. The van der Waals surface area contributed by atoms with Crippen LogP contribution in [0.4, 0.5) is 0 Å². The standard InChI is InChI=1S/C20H33Cl2N5O/c1-3-5-7-15(4-2)14-28-11-6-10-25-19(23)27-20(24)26-13-16-8-9-17(21)18(22)12-16/h8-9,12,15H,3-7,10-11,13-14H2,1-2H3,(H5,23,24,25,26,27). The number of guanidine groups is 2. The van der Waals surface area contributed by atoms with Crippen molar-refractivity contribution >= 4 is 35.1 Å². The van der Waals surface area contributed by atoms with Crippen LogP contribution in [0.2, 0.25) is 10.0 Å². The van der Waals surface area contributed by atoms with Crippen molar-refractivity contribution < 1.29 is 4.74 Å². The molecule has 158 valence electrons. The second-order valence-electron chi connectivity index (χ2n) is 6.75. The number of ether oxygens (including phenoxy) is 1. The predicted molar refractivity (Wildman–Crippen MR) is 119 cm³/mol. The molecule has 0 aliphatic carbocycles. The summed E-state index contributed by atoms with van der Waals surface area (Å²) in [7, 11) is 0. The molecule has 1 atom stereocenters. The Kier molecular flexibility index (Phi) is 12.7. The normalized spacial score (nSPS) is 11.7. The maximum absolute atomic E-state index is 7.85. The molecule has 0 saturated heterocycles. The van der Waals surface area contributed by atoms with E-state index < -0.39 is 0 Å². The third-order valence-corrected chi connectivity index (χ3v) is 5.11. The number of unbranched alkanes of at least 4 members (excludes halogenated alkanes) is 1. The van der Waals surface area contributed by atoms with Crippen LogP contribution < -0.4 is 16.0 Å². The molecule has 0 saturated carbocycles. The fraction of sp³-hybridized carbons (Fsp3) is 0.600. The Labute approximate surface area is 178 Å². The number of halogens is 2. The summed E-state index contributed by atoms with van der Waals surface area (Å²) in [5.74, 6) is 0.775. The summed E-state index contributed by atoms with van der Waals surface area (Å²) >= 11 is 11.9. The highest BCUT2D eigenvalue weighted by atomic mass is 35.5. The van der Waals surface area contributed by atoms with Gasteiger partial charge in [-0.1, -0.05) is 62.4 Å². The molecule has 8 heteroatoms. The molecule has 0 radical (unpaired) electrons. The van der Waals surface area contributed by atoms with Crippen LogP contribution >= 0.6 is 23.2 Å². The molecule has 1 unspecified atom stereocenters. The quantitative estimate of drug-likeness (QED) is 0.188. The summed E-state index contributed by atoms with van der Waals surface area (Å²) in [5.41, 5.74) is 0.905. The fourth-order valence-electron chi connectivity index (χ4n) is 2.59. The summed E-state index contributed by atoms with van der Waals surface area (Å²) in [6.07, 6.45) is 5.70. The Balaban J connectivity index is 2.10. The maximum atomic E-state index is 7.85.